The molecule has 0 saturated carbocycles. The Labute approximate surface area is 120 Å². The molecule has 2 aliphatic heterocycles. The zero-order valence-electron chi connectivity index (χ0n) is 12.6. The lowest BCUT2D eigenvalue weighted by molar-refractivity contribution is -0.00690. The van der Waals surface area contributed by atoms with Crippen molar-refractivity contribution in [3.05, 3.63) is 17.8 Å². The zero-order chi connectivity index (χ0) is 14.2. The van der Waals surface area contributed by atoms with Crippen LogP contribution in [0.15, 0.2) is 12.1 Å². The van der Waals surface area contributed by atoms with E-state index in [9.17, 15) is 0 Å². The molecule has 3 rings (SSSR count). The summed E-state index contributed by atoms with van der Waals surface area (Å²) in [6, 6.07) is 4.77. The lowest BCUT2D eigenvalue weighted by atomic mass is 9.92. The van der Waals surface area contributed by atoms with Gasteiger partial charge in [0.05, 0.1) is 24.9 Å². The van der Waals surface area contributed by atoms with E-state index in [2.05, 4.69) is 53.3 Å². The quantitative estimate of drug-likeness (QED) is 0.895. The van der Waals surface area contributed by atoms with Crippen molar-refractivity contribution in [1.29, 1.82) is 0 Å². The number of anilines is 1. The van der Waals surface area contributed by atoms with Crippen LogP contribution in [-0.2, 0) is 10.2 Å². The molecular weight excluding hydrogens is 252 g/mol. The van der Waals surface area contributed by atoms with Crippen molar-refractivity contribution < 1.29 is 4.74 Å². The molecule has 1 aromatic rings. The molecular formula is C15H24N4O. The molecule has 3 heterocycles. The van der Waals surface area contributed by atoms with Crippen LogP contribution >= 0.6 is 0 Å². The van der Waals surface area contributed by atoms with E-state index in [4.69, 9.17) is 4.74 Å². The lowest BCUT2D eigenvalue weighted by Crippen LogP contribution is -2.55. The van der Waals surface area contributed by atoms with Crippen molar-refractivity contribution >= 4 is 5.82 Å². The SMILES string of the molecule is CC(C)(C)c1ccc(N2CC(CNC3COC3)C2)nn1. The van der Waals surface area contributed by atoms with Crippen molar-refractivity contribution in [3.8, 4) is 0 Å². The maximum Gasteiger partial charge on any atom is 0.151 e. The summed E-state index contributed by atoms with van der Waals surface area (Å²) >= 11 is 0. The van der Waals surface area contributed by atoms with Crippen molar-refractivity contribution in [2.45, 2.75) is 32.2 Å². The van der Waals surface area contributed by atoms with Crippen LogP contribution in [0.2, 0.25) is 0 Å². The van der Waals surface area contributed by atoms with Gasteiger partial charge in [-0.05, 0) is 12.1 Å². The van der Waals surface area contributed by atoms with Crippen LogP contribution in [0.25, 0.3) is 0 Å². The highest BCUT2D eigenvalue weighted by molar-refractivity contribution is 5.41. The molecule has 0 atom stereocenters. The first-order valence-electron chi connectivity index (χ1n) is 7.42. The summed E-state index contributed by atoms with van der Waals surface area (Å²) < 4.78 is 5.16. The van der Waals surface area contributed by atoms with E-state index in [1.807, 2.05) is 0 Å². The standard InChI is InChI=1S/C15H24N4O/c1-15(2,3)13-4-5-14(18-17-13)19-7-11(8-19)6-16-12-9-20-10-12/h4-5,11-12,16H,6-10H2,1-3H3. The van der Waals surface area contributed by atoms with Crippen molar-refractivity contribution in [2.24, 2.45) is 5.92 Å². The highest BCUT2D eigenvalue weighted by atomic mass is 16.5. The van der Waals surface area contributed by atoms with Gasteiger partial charge in [-0.25, -0.2) is 0 Å². The molecule has 0 unspecified atom stereocenters. The number of nitrogens with one attached hydrogen (secondary N) is 1. The molecule has 0 aromatic carbocycles. The molecule has 0 aliphatic carbocycles. The molecule has 1 N–H and O–H groups in total. The lowest BCUT2D eigenvalue weighted by Gasteiger charge is -2.41. The molecule has 5 heteroatoms. The molecule has 1 aromatic heterocycles. The van der Waals surface area contributed by atoms with Crippen LogP contribution in [0, 0.1) is 5.92 Å². The molecule has 20 heavy (non-hydrogen) atoms. The Hall–Kier alpha value is -1.20. The van der Waals surface area contributed by atoms with E-state index in [1.165, 1.54) is 0 Å². The van der Waals surface area contributed by atoms with Crippen LogP contribution in [0.5, 0.6) is 0 Å². The third-order valence-corrected chi connectivity index (χ3v) is 4.03. The van der Waals surface area contributed by atoms with Gasteiger partial charge >= 0.3 is 0 Å². The minimum atomic E-state index is 0.0672. The van der Waals surface area contributed by atoms with Gasteiger partial charge in [0.15, 0.2) is 5.82 Å². The third kappa shape index (κ3) is 2.94. The maximum atomic E-state index is 5.16. The topological polar surface area (TPSA) is 50.3 Å². The highest BCUT2D eigenvalue weighted by Gasteiger charge is 2.29. The van der Waals surface area contributed by atoms with Gasteiger partial charge in [-0.3, -0.25) is 0 Å². The zero-order valence-corrected chi connectivity index (χ0v) is 12.6. The molecule has 110 valence electrons. The molecule has 2 fully saturated rings. The summed E-state index contributed by atoms with van der Waals surface area (Å²) in [6.07, 6.45) is 0. The van der Waals surface area contributed by atoms with Crippen molar-refractivity contribution in [3.63, 3.8) is 0 Å². The van der Waals surface area contributed by atoms with E-state index in [0.29, 0.717) is 6.04 Å². The second kappa shape index (κ2) is 5.30. The van der Waals surface area contributed by atoms with Gasteiger partial charge in [-0.15, -0.1) is 5.10 Å². The number of hydrogen-bond donors (Lipinski definition) is 1. The van der Waals surface area contributed by atoms with Gasteiger partial charge < -0.3 is 15.0 Å². The number of nitrogens with zero attached hydrogens (tertiary/aromatic N) is 3. The Morgan fingerprint density at radius 1 is 1.25 bits per heavy atom. The van der Waals surface area contributed by atoms with Crippen LogP contribution in [0.1, 0.15) is 26.5 Å². The summed E-state index contributed by atoms with van der Waals surface area (Å²) in [4.78, 5) is 2.29. The second-order valence-corrected chi connectivity index (χ2v) is 6.94. The fourth-order valence-electron chi connectivity index (χ4n) is 2.47. The van der Waals surface area contributed by atoms with Crippen molar-refractivity contribution in [2.75, 3.05) is 37.7 Å². The van der Waals surface area contributed by atoms with Gasteiger partial charge in [0.1, 0.15) is 0 Å². The minimum absolute atomic E-state index is 0.0672. The number of aromatic nitrogens is 2. The predicted octanol–water partition coefficient (Wildman–Crippen LogP) is 1.20. The number of ether oxygens (including phenoxy) is 1. The van der Waals surface area contributed by atoms with Gasteiger partial charge in [-0.2, -0.15) is 5.10 Å². The largest absolute Gasteiger partial charge is 0.378 e. The molecule has 2 saturated heterocycles. The fraction of sp³-hybridized carbons (Fsp3) is 0.733. The monoisotopic (exact) mass is 276 g/mol. The number of rotatable bonds is 4. The van der Waals surface area contributed by atoms with E-state index in [1.54, 1.807) is 0 Å². The Kier molecular flexibility index (Phi) is 3.65. The maximum absolute atomic E-state index is 5.16. The van der Waals surface area contributed by atoms with E-state index in [0.717, 1.165) is 50.3 Å². The second-order valence-electron chi connectivity index (χ2n) is 6.94. The number of hydrogen-bond acceptors (Lipinski definition) is 5. The normalized spacial score (nSPS) is 20.6. The van der Waals surface area contributed by atoms with Crippen LogP contribution in [0.4, 0.5) is 5.82 Å². The summed E-state index contributed by atoms with van der Waals surface area (Å²) in [7, 11) is 0. The molecule has 0 spiro atoms. The smallest absolute Gasteiger partial charge is 0.151 e. The van der Waals surface area contributed by atoms with Gasteiger partial charge in [-0.1, -0.05) is 20.8 Å². The Morgan fingerprint density at radius 2 is 2.00 bits per heavy atom. The molecule has 2 aliphatic rings. The average molecular weight is 276 g/mol. The van der Waals surface area contributed by atoms with E-state index < -0.39 is 0 Å². The van der Waals surface area contributed by atoms with Crippen LogP contribution < -0.4 is 10.2 Å². The fourth-order valence-corrected chi connectivity index (χ4v) is 2.47. The summed E-state index contributed by atoms with van der Waals surface area (Å²) in [5.74, 6) is 1.72. The third-order valence-electron chi connectivity index (χ3n) is 4.03. The van der Waals surface area contributed by atoms with Crippen molar-refractivity contribution in [1.82, 2.24) is 15.5 Å². The Balaban J connectivity index is 1.47. The van der Waals surface area contributed by atoms with Gasteiger partial charge in [0.25, 0.3) is 0 Å². The Bertz CT molecular complexity index is 444. The average Bonchev–Trinajstić information content (AvgIpc) is 2.29. The first-order valence-corrected chi connectivity index (χ1v) is 7.42. The Morgan fingerprint density at radius 3 is 2.50 bits per heavy atom. The highest BCUT2D eigenvalue weighted by Crippen LogP contribution is 2.24. The first-order chi connectivity index (χ1) is 9.52. The van der Waals surface area contributed by atoms with Crippen LogP contribution in [-0.4, -0.2) is 49.1 Å². The van der Waals surface area contributed by atoms with Crippen LogP contribution in [0.3, 0.4) is 0 Å². The van der Waals surface area contributed by atoms with Gasteiger partial charge in [0.2, 0.25) is 0 Å². The summed E-state index contributed by atoms with van der Waals surface area (Å²) in [5, 5.41) is 12.2. The summed E-state index contributed by atoms with van der Waals surface area (Å²) in [5.41, 5.74) is 1.11. The molecule has 0 amide bonds. The van der Waals surface area contributed by atoms with E-state index >= 15 is 0 Å². The predicted molar refractivity (Wildman–Crippen MR) is 79.0 cm³/mol. The minimum Gasteiger partial charge on any atom is -0.378 e. The van der Waals surface area contributed by atoms with Gasteiger partial charge in [0, 0.05) is 31.0 Å². The summed E-state index contributed by atoms with van der Waals surface area (Å²) in [6.45, 7) is 11.4. The molecule has 5 nitrogen and oxygen atoms in total. The molecule has 0 radical (unpaired) electrons. The first kappa shape index (κ1) is 13.8. The van der Waals surface area contributed by atoms with E-state index in [-0.39, 0.29) is 5.41 Å². The molecule has 0 bridgehead atoms.